The van der Waals surface area contributed by atoms with Crippen molar-refractivity contribution in [3.8, 4) is 0 Å². The lowest BCUT2D eigenvalue weighted by Crippen LogP contribution is -2.16. The first-order valence-corrected chi connectivity index (χ1v) is 4.66. The third-order valence-electron chi connectivity index (χ3n) is 1.71. The number of hydrogen-bond donors (Lipinski definition) is 1. The lowest BCUT2D eigenvalue weighted by molar-refractivity contribution is -0.00156. The molecule has 0 aliphatic rings. The fourth-order valence-corrected chi connectivity index (χ4v) is 1.71. The van der Waals surface area contributed by atoms with Gasteiger partial charge in [-0.2, -0.15) is 0 Å². The zero-order chi connectivity index (χ0) is 9.14. The molecule has 68 valence electrons. The van der Waals surface area contributed by atoms with Crippen molar-refractivity contribution < 1.29 is 9.84 Å². The van der Waals surface area contributed by atoms with Gasteiger partial charge in [-0.3, -0.25) is 0 Å². The van der Waals surface area contributed by atoms with Gasteiger partial charge in [-0.15, -0.1) is 11.3 Å². The molecule has 2 atom stereocenters. The van der Waals surface area contributed by atoms with Crippen LogP contribution in [0.2, 0.25) is 0 Å². The first-order chi connectivity index (χ1) is 5.65. The second-order valence-electron chi connectivity index (χ2n) is 2.71. The van der Waals surface area contributed by atoms with Crippen molar-refractivity contribution in [2.45, 2.75) is 26.1 Å². The Hall–Kier alpha value is -0.450. The van der Waals surface area contributed by atoms with Crippen LogP contribution in [-0.2, 0) is 4.74 Å². The molecule has 1 aromatic rings. The standard InChI is InChI=1S/C8H13NO2S/c1-5-4-12-8(9-5)7(10)6(2)11-3/h4,6-7,10H,1-3H3. The summed E-state index contributed by atoms with van der Waals surface area (Å²) >= 11 is 1.46. The molecule has 0 radical (unpaired) electrons. The van der Waals surface area contributed by atoms with Crippen LogP contribution in [0.15, 0.2) is 5.38 Å². The van der Waals surface area contributed by atoms with Gasteiger partial charge in [0.2, 0.25) is 0 Å². The van der Waals surface area contributed by atoms with Crippen molar-refractivity contribution in [2.24, 2.45) is 0 Å². The van der Waals surface area contributed by atoms with Gasteiger partial charge in [0, 0.05) is 18.2 Å². The maximum atomic E-state index is 9.63. The van der Waals surface area contributed by atoms with Crippen LogP contribution in [0.5, 0.6) is 0 Å². The number of aliphatic hydroxyl groups excluding tert-OH is 1. The van der Waals surface area contributed by atoms with Crippen LogP contribution in [-0.4, -0.2) is 23.3 Å². The van der Waals surface area contributed by atoms with Crippen molar-refractivity contribution >= 4 is 11.3 Å². The zero-order valence-electron chi connectivity index (χ0n) is 7.44. The fourth-order valence-electron chi connectivity index (χ4n) is 0.838. The molecule has 1 aromatic heterocycles. The van der Waals surface area contributed by atoms with Crippen LogP contribution in [0, 0.1) is 6.92 Å². The lowest BCUT2D eigenvalue weighted by atomic mass is 10.2. The number of nitrogens with zero attached hydrogens (tertiary/aromatic N) is 1. The molecule has 0 aliphatic carbocycles. The smallest absolute Gasteiger partial charge is 0.131 e. The largest absolute Gasteiger partial charge is 0.383 e. The average molecular weight is 187 g/mol. The molecule has 4 heteroatoms. The monoisotopic (exact) mass is 187 g/mol. The number of aromatic nitrogens is 1. The number of aryl methyl sites for hydroxylation is 1. The highest BCUT2D eigenvalue weighted by molar-refractivity contribution is 7.09. The quantitative estimate of drug-likeness (QED) is 0.780. The van der Waals surface area contributed by atoms with E-state index >= 15 is 0 Å². The van der Waals surface area contributed by atoms with Crippen LogP contribution in [0.25, 0.3) is 0 Å². The molecular formula is C8H13NO2S. The van der Waals surface area contributed by atoms with E-state index in [1.165, 1.54) is 11.3 Å². The topological polar surface area (TPSA) is 42.4 Å². The zero-order valence-corrected chi connectivity index (χ0v) is 8.26. The Morgan fingerprint density at radius 3 is 2.75 bits per heavy atom. The summed E-state index contributed by atoms with van der Waals surface area (Å²) in [4.78, 5) is 4.17. The number of ether oxygens (including phenoxy) is 1. The summed E-state index contributed by atoms with van der Waals surface area (Å²) in [6.45, 7) is 3.73. The summed E-state index contributed by atoms with van der Waals surface area (Å²) < 4.78 is 4.99. The normalized spacial score (nSPS) is 16.0. The summed E-state index contributed by atoms with van der Waals surface area (Å²) in [6.07, 6.45) is -0.802. The Kier molecular flexibility index (Phi) is 3.20. The highest BCUT2D eigenvalue weighted by Crippen LogP contribution is 2.21. The highest BCUT2D eigenvalue weighted by atomic mass is 32.1. The molecule has 1 heterocycles. The molecule has 2 unspecified atom stereocenters. The molecular weight excluding hydrogens is 174 g/mol. The van der Waals surface area contributed by atoms with Crippen LogP contribution in [0.3, 0.4) is 0 Å². The first kappa shape index (κ1) is 9.64. The molecule has 0 spiro atoms. The molecule has 12 heavy (non-hydrogen) atoms. The van der Waals surface area contributed by atoms with Crippen molar-refractivity contribution in [1.82, 2.24) is 4.98 Å². The predicted molar refractivity (Wildman–Crippen MR) is 48.3 cm³/mol. The van der Waals surface area contributed by atoms with E-state index in [-0.39, 0.29) is 6.10 Å². The lowest BCUT2D eigenvalue weighted by Gasteiger charge is -2.14. The van der Waals surface area contributed by atoms with Crippen LogP contribution in [0.4, 0.5) is 0 Å². The van der Waals surface area contributed by atoms with Crippen molar-refractivity contribution in [3.05, 3.63) is 16.1 Å². The third kappa shape index (κ3) is 2.03. The Balaban J connectivity index is 2.70. The van der Waals surface area contributed by atoms with E-state index in [4.69, 9.17) is 4.74 Å². The van der Waals surface area contributed by atoms with Gasteiger partial charge in [0.25, 0.3) is 0 Å². The van der Waals surface area contributed by atoms with Gasteiger partial charge in [-0.25, -0.2) is 4.98 Å². The van der Waals surface area contributed by atoms with Gasteiger partial charge in [0.05, 0.1) is 6.10 Å². The van der Waals surface area contributed by atoms with Crippen molar-refractivity contribution in [1.29, 1.82) is 0 Å². The molecule has 0 bridgehead atoms. The summed E-state index contributed by atoms with van der Waals surface area (Å²) in [6, 6.07) is 0. The second kappa shape index (κ2) is 3.98. The molecule has 1 N–H and O–H groups in total. The van der Waals surface area contributed by atoms with E-state index in [1.54, 1.807) is 7.11 Å². The van der Waals surface area contributed by atoms with E-state index in [2.05, 4.69) is 4.98 Å². The fraction of sp³-hybridized carbons (Fsp3) is 0.625. The predicted octanol–water partition coefficient (Wildman–Crippen LogP) is 1.52. The molecule has 0 aliphatic heterocycles. The van der Waals surface area contributed by atoms with Crippen molar-refractivity contribution in [2.75, 3.05) is 7.11 Å². The Morgan fingerprint density at radius 1 is 1.67 bits per heavy atom. The van der Waals surface area contributed by atoms with Crippen LogP contribution < -0.4 is 0 Å². The summed E-state index contributed by atoms with van der Waals surface area (Å²) in [7, 11) is 1.58. The molecule has 0 amide bonds. The van der Waals surface area contributed by atoms with E-state index in [9.17, 15) is 5.11 Å². The minimum Gasteiger partial charge on any atom is -0.383 e. The van der Waals surface area contributed by atoms with E-state index < -0.39 is 6.10 Å². The van der Waals surface area contributed by atoms with Gasteiger partial charge in [0.15, 0.2) is 0 Å². The number of thiazole rings is 1. The van der Waals surface area contributed by atoms with Gasteiger partial charge in [-0.1, -0.05) is 0 Å². The SMILES string of the molecule is COC(C)C(O)c1nc(C)cs1. The average Bonchev–Trinajstić information content (AvgIpc) is 2.49. The van der Waals surface area contributed by atoms with Crippen LogP contribution in [0.1, 0.15) is 23.7 Å². The summed E-state index contributed by atoms with van der Waals surface area (Å²) in [5.41, 5.74) is 0.942. The van der Waals surface area contributed by atoms with Gasteiger partial charge in [-0.05, 0) is 13.8 Å². The highest BCUT2D eigenvalue weighted by Gasteiger charge is 2.18. The Morgan fingerprint density at radius 2 is 2.33 bits per heavy atom. The number of rotatable bonds is 3. The molecule has 3 nitrogen and oxygen atoms in total. The van der Waals surface area contributed by atoms with Gasteiger partial charge >= 0.3 is 0 Å². The summed E-state index contributed by atoms with van der Waals surface area (Å²) in [5.74, 6) is 0. The van der Waals surface area contributed by atoms with Gasteiger partial charge < -0.3 is 9.84 Å². The maximum absolute atomic E-state index is 9.63. The minimum absolute atomic E-state index is 0.199. The van der Waals surface area contributed by atoms with E-state index in [1.807, 2.05) is 19.2 Å². The third-order valence-corrected chi connectivity index (χ3v) is 2.74. The van der Waals surface area contributed by atoms with Gasteiger partial charge in [0.1, 0.15) is 11.1 Å². The number of aliphatic hydroxyl groups is 1. The molecule has 0 fully saturated rings. The maximum Gasteiger partial charge on any atom is 0.131 e. The molecule has 0 saturated carbocycles. The van der Waals surface area contributed by atoms with E-state index in [0.29, 0.717) is 0 Å². The van der Waals surface area contributed by atoms with Crippen molar-refractivity contribution in [3.63, 3.8) is 0 Å². The number of methoxy groups -OCH3 is 1. The first-order valence-electron chi connectivity index (χ1n) is 3.78. The minimum atomic E-state index is -0.603. The summed E-state index contributed by atoms with van der Waals surface area (Å²) in [5, 5.41) is 12.3. The Labute approximate surface area is 76.0 Å². The van der Waals surface area contributed by atoms with E-state index in [0.717, 1.165) is 10.7 Å². The van der Waals surface area contributed by atoms with Crippen LogP contribution >= 0.6 is 11.3 Å². The molecule has 1 rings (SSSR count). The Bertz CT molecular complexity index is 249. The molecule has 0 saturated heterocycles. The number of hydrogen-bond acceptors (Lipinski definition) is 4. The molecule has 0 aromatic carbocycles. The second-order valence-corrected chi connectivity index (χ2v) is 3.60.